The average Bonchev–Trinajstić information content (AvgIpc) is 3.24. The van der Waals surface area contributed by atoms with Crippen LogP contribution in [0.2, 0.25) is 0 Å². The minimum absolute atomic E-state index is 0.634. The summed E-state index contributed by atoms with van der Waals surface area (Å²) < 4.78 is 3.64. The Balaban J connectivity index is 1.60. The molecule has 5 nitrogen and oxygen atoms in total. The Labute approximate surface area is 146 Å². The molecule has 0 aliphatic heterocycles. The number of aromatic amines is 1. The van der Waals surface area contributed by atoms with E-state index in [2.05, 4.69) is 64.6 Å². The Morgan fingerprint density at radius 2 is 2.12 bits per heavy atom. The molecule has 25 heavy (non-hydrogen) atoms. The van der Waals surface area contributed by atoms with Gasteiger partial charge in [0.15, 0.2) is 0 Å². The summed E-state index contributed by atoms with van der Waals surface area (Å²) >= 11 is 0. The summed E-state index contributed by atoms with van der Waals surface area (Å²) in [6.07, 6.45) is 9.49. The second-order valence-electron chi connectivity index (χ2n) is 6.16. The van der Waals surface area contributed by atoms with Gasteiger partial charge in [0.1, 0.15) is 0 Å². The van der Waals surface area contributed by atoms with Gasteiger partial charge in [-0.15, -0.1) is 0 Å². The molecule has 0 saturated carbocycles. The zero-order chi connectivity index (χ0) is 17.2. The third-order valence-corrected chi connectivity index (χ3v) is 4.08. The highest BCUT2D eigenvalue weighted by molar-refractivity contribution is 5.61. The summed E-state index contributed by atoms with van der Waals surface area (Å²) in [4.78, 5) is 12.4. The molecule has 0 saturated heterocycles. The standard InChI is InChI=1S/C20H19N5/c1-15-6-7-19(22-15)17-5-3-4-16(12-17)13-18-8-9-21-20(23-18)25-11-10-24(2)14-25/h3-12,22H,13H2,1-2H3. The van der Waals surface area contributed by atoms with Gasteiger partial charge in [-0.2, -0.15) is 0 Å². The lowest BCUT2D eigenvalue weighted by Crippen LogP contribution is -2.24. The van der Waals surface area contributed by atoms with Crippen molar-refractivity contribution in [2.75, 3.05) is 0 Å². The molecular formula is C20H19N5. The molecule has 0 amide bonds. The summed E-state index contributed by atoms with van der Waals surface area (Å²) in [6, 6.07) is 14.7. The Morgan fingerprint density at radius 1 is 1.20 bits per heavy atom. The highest BCUT2D eigenvalue weighted by atomic mass is 15.2. The molecule has 0 aliphatic rings. The van der Waals surface area contributed by atoms with Crippen LogP contribution < -0.4 is 4.57 Å². The van der Waals surface area contributed by atoms with E-state index in [-0.39, 0.29) is 0 Å². The fourth-order valence-corrected chi connectivity index (χ4v) is 2.84. The van der Waals surface area contributed by atoms with Gasteiger partial charge in [0.05, 0.1) is 7.05 Å². The van der Waals surface area contributed by atoms with E-state index in [0.717, 1.165) is 23.5 Å². The highest BCUT2D eigenvalue weighted by Gasteiger charge is 2.05. The molecule has 0 unspecified atom stereocenters. The van der Waals surface area contributed by atoms with E-state index in [1.807, 2.05) is 30.1 Å². The van der Waals surface area contributed by atoms with Gasteiger partial charge in [0, 0.05) is 42.1 Å². The Kier molecular flexibility index (Phi) is 3.90. The largest absolute Gasteiger partial charge is 0.359 e. The van der Waals surface area contributed by atoms with Crippen LogP contribution in [-0.4, -0.2) is 19.5 Å². The van der Waals surface area contributed by atoms with Crippen LogP contribution in [0.5, 0.6) is 0 Å². The van der Waals surface area contributed by atoms with Gasteiger partial charge in [0.2, 0.25) is 12.3 Å². The Hall–Kier alpha value is -3.21. The van der Waals surface area contributed by atoms with Crippen molar-refractivity contribution in [2.24, 2.45) is 7.05 Å². The molecule has 1 N–H and O–H groups in total. The number of aryl methyl sites for hydroxylation is 2. The predicted octanol–water partition coefficient (Wildman–Crippen LogP) is 2.79. The van der Waals surface area contributed by atoms with Crippen molar-refractivity contribution in [3.8, 4) is 17.2 Å². The van der Waals surface area contributed by atoms with E-state index < -0.39 is 0 Å². The van der Waals surface area contributed by atoms with E-state index in [1.165, 1.54) is 11.1 Å². The average molecular weight is 329 g/mol. The van der Waals surface area contributed by atoms with Gasteiger partial charge in [-0.05, 0) is 42.3 Å². The number of hydrogen-bond acceptors (Lipinski definition) is 2. The molecule has 124 valence electrons. The molecule has 0 atom stereocenters. The Bertz CT molecular complexity index is 930. The predicted molar refractivity (Wildman–Crippen MR) is 95.1 cm³/mol. The molecule has 0 spiro atoms. The van der Waals surface area contributed by atoms with Crippen LogP contribution in [0.25, 0.3) is 17.2 Å². The molecule has 4 aromatic rings. The van der Waals surface area contributed by atoms with Crippen LogP contribution in [-0.2, 0) is 13.5 Å². The number of aromatic nitrogens is 5. The van der Waals surface area contributed by atoms with Crippen LogP contribution in [0, 0.1) is 13.3 Å². The molecule has 0 fully saturated rings. The van der Waals surface area contributed by atoms with Gasteiger partial charge < -0.3 is 9.55 Å². The lowest BCUT2D eigenvalue weighted by atomic mass is 10.0. The smallest absolute Gasteiger partial charge is 0.245 e. The van der Waals surface area contributed by atoms with E-state index in [1.54, 1.807) is 10.8 Å². The quantitative estimate of drug-likeness (QED) is 0.462. The third-order valence-electron chi connectivity index (χ3n) is 4.08. The third kappa shape index (κ3) is 3.35. The number of imidazole rings is 1. The molecule has 0 bridgehead atoms. The first-order valence-corrected chi connectivity index (χ1v) is 8.21. The molecule has 1 aromatic carbocycles. The van der Waals surface area contributed by atoms with Crippen LogP contribution in [0.3, 0.4) is 0 Å². The fourth-order valence-electron chi connectivity index (χ4n) is 2.84. The highest BCUT2D eigenvalue weighted by Crippen LogP contribution is 2.21. The van der Waals surface area contributed by atoms with E-state index in [0.29, 0.717) is 5.95 Å². The van der Waals surface area contributed by atoms with Crippen LogP contribution in [0.15, 0.2) is 61.1 Å². The summed E-state index contributed by atoms with van der Waals surface area (Å²) in [6.45, 7) is 2.06. The summed E-state index contributed by atoms with van der Waals surface area (Å²) in [5.41, 5.74) is 5.69. The molecule has 0 radical (unpaired) electrons. The van der Waals surface area contributed by atoms with Gasteiger partial charge in [-0.25, -0.2) is 9.97 Å². The molecule has 0 aliphatic carbocycles. The second kappa shape index (κ2) is 6.36. The van der Waals surface area contributed by atoms with Gasteiger partial charge in [-0.3, -0.25) is 4.57 Å². The number of nitrogens with zero attached hydrogens (tertiary/aromatic N) is 4. The molecule has 5 heteroatoms. The number of hydrogen-bond donors (Lipinski definition) is 1. The van der Waals surface area contributed by atoms with Gasteiger partial charge >= 0.3 is 0 Å². The van der Waals surface area contributed by atoms with Crippen molar-refractivity contribution in [2.45, 2.75) is 13.3 Å². The number of rotatable bonds is 4. The van der Waals surface area contributed by atoms with Crippen molar-refractivity contribution in [3.63, 3.8) is 0 Å². The summed E-state index contributed by atoms with van der Waals surface area (Å²) in [5.74, 6) is 0.634. The number of nitrogens with one attached hydrogen (secondary N) is 1. The van der Waals surface area contributed by atoms with Gasteiger partial charge in [-0.1, -0.05) is 18.2 Å². The van der Waals surface area contributed by atoms with Crippen LogP contribution >= 0.6 is 0 Å². The first-order valence-electron chi connectivity index (χ1n) is 8.21. The van der Waals surface area contributed by atoms with Gasteiger partial charge in [0.25, 0.3) is 0 Å². The topological polar surface area (TPSA) is 50.4 Å². The maximum atomic E-state index is 4.66. The Morgan fingerprint density at radius 3 is 2.88 bits per heavy atom. The SMILES string of the molecule is Cc1ccc(-c2cccc(Cc3ccnc(-n4[c-][n+](C)cc4)n3)c2)[nH]1. The zero-order valence-electron chi connectivity index (χ0n) is 14.3. The van der Waals surface area contributed by atoms with Crippen LogP contribution in [0.4, 0.5) is 0 Å². The van der Waals surface area contributed by atoms with E-state index in [4.69, 9.17) is 0 Å². The lowest BCUT2D eigenvalue weighted by molar-refractivity contribution is -0.674. The van der Waals surface area contributed by atoms with Crippen molar-refractivity contribution in [1.29, 1.82) is 0 Å². The molecule has 3 aromatic heterocycles. The molecule has 3 heterocycles. The van der Waals surface area contributed by atoms with Crippen molar-refractivity contribution < 1.29 is 4.57 Å². The minimum Gasteiger partial charge on any atom is -0.359 e. The first-order chi connectivity index (χ1) is 12.2. The van der Waals surface area contributed by atoms with E-state index in [9.17, 15) is 0 Å². The van der Waals surface area contributed by atoms with Crippen molar-refractivity contribution in [3.05, 3.63) is 84.3 Å². The van der Waals surface area contributed by atoms with Crippen LogP contribution in [0.1, 0.15) is 17.0 Å². The number of H-pyrrole nitrogens is 1. The van der Waals surface area contributed by atoms with Crippen molar-refractivity contribution in [1.82, 2.24) is 19.5 Å². The maximum Gasteiger partial charge on any atom is 0.245 e. The van der Waals surface area contributed by atoms with E-state index >= 15 is 0 Å². The maximum absolute atomic E-state index is 4.66. The lowest BCUT2D eigenvalue weighted by Gasteiger charge is -2.06. The minimum atomic E-state index is 0.634. The normalized spacial score (nSPS) is 11.0. The second-order valence-corrected chi connectivity index (χ2v) is 6.16. The number of benzene rings is 1. The van der Waals surface area contributed by atoms with Crippen molar-refractivity contribution >= 4 is 0 Å². The molecular weight excluding hydrogens is 310 g/mol. The fraction of sp³-hybridized carbons (Fsp3) is 0.150. The molecule has 4 rings (SSSR count). The monoisotopic (exact) mass is 329 g/mol. The first kappa shape index (κ1) is 15.3. The summed E-state index contributed by atoms with van der Waals surface area (Å²) in [5, 5.41) is 0. The zero-order valence-corrected chi connectivity index (χ0v) is 14.3. The summed E-state index contributed by atoms with van der Waals surface area (Å²) in [7, 11) is 1.92.